The maximum atomic E-state index is 10.1. The summed E-state index contributed by atoms with van der Waals surface area (Å²) in [7, 11) is 0. The molecule has 2 aromatic rings. The largest absolute Gasteiger partial charge is 0.240 e. The molecule has 2 rings (SSSR count). The molecule has 0 spiro atoms. The Morgan fingerprint density at radius 1 is 1.36 bits per heavy atom. The Kier molecular flexibility index (Phi) is 2.12. The van der Waals surface area contributed by atoms with Crippen LogP contribution in [0.2, 0.25) is 0 Å². The van der Waals surface area contributed by atoms with Gasteiger partial charge < -0.3 is 0 Å². The summed E-state index contributed by atoms with van der Waals surface area (Å²) in [5, 5.41) is 10.7. The quantitative estimate of drug-likeness (QED) is 0.510. The van der Waals surface area contributed by atoms with Gasteiger partial charge in [-0.25, -0.2) is 4.79 Å². The number of benzene rings is 1. The molecular formula is C8H5N5O. The van der Waals surface area contributed by atoms with Crippen LogP contribution in [0.1, 0.15) is 0 Å². The number of carbonyl (C=O) groups excluding carboxylic acids is 1. The van der Waals surface area contributed by atoms with Crippen LogP contribution >= 0.6 is 0 Å². The predicted octanol–water partition coefficient (Wildman–Crippen LogP) is 0.630. The molecule has 0 saturated carbocycles. The van der Waals surface area contributed by atoms with Crippen molar-refractivity contribution in [2.24, 2.45) is 4.99 Å². The molecule has 0 aliphatic heterocycles. The van der Waals surface area contributed by atoms with Crippen LogP contribution in [0.5, 0.6) is 0 Å². The van der Waals surface area contributed by atoms with Gasteiger partial charge in [-0.3, -0.25) is 0 Å². The Hall–Kier alpha value is -2.33. The van der Waals surface area contributed by atoms with E-state index in [0.717, 1.165) is 0 Å². The van der Waals surface area contributed by atoms with Crippen molar-refractivity contribution in [3.63, 3.8) is 0 Å². The number of isocyanates is 1. The molecule has 1 heterocycles. The van der Waals surface area contributed by atoms with Crippen molar-refractivity contribution < 1.29 is 4.79 Å². The lowest BCUT2D eigenvalue weighted by Crippen LogP contribution is -1.94. The summed E-state index contributed by atoms with van der Waals surface area (Å²) < 4.78 is 1.43. The maximum absolute atomic E-state index is 10.1. The van der Waals surface area contributed by atoms with E-state index >= 15 is 0 Å². The van der Waals surface area contributed by atoms with Crippen LogP contribution in [0.25, 0.3) is 5.69 Å². The van der Waals surface area contributed by atoms with E-state index < -0.39 is 0 Å². The molecule has 68 valence electrons. The summed E-state index contributed by atoms with van der Waals surface area (Å²) in [5.74, 6) is 0. The Balaban J connectivity index is 2.57. The van der Waals surface area contributed by atoms with Crippen LogP contribution < -0.4 is 0 Å². The van der Waals surface area contributed by atoms with Gasteiger partial charge in [0.05, 0.1) is 5.69 Å². The maximum Gasteiger partial charge on any atom is 0.240 e. The SMILES string of the molecule is O=C=Nc1ccccc1-n1cnnn1. The summed E-state index contributed by atoms with van der Waals surface area (Å²) in [6, 6.07) is 7.01. The molecule has 0 amide bonds. The first kappa shape index (κ1) is 8.28. The number of aromatic nitrogens is 4. The number of nitrogens with zero attached hydrogens (tertiary/aromatic N) is 5. The van der Waals surface area contributed by atoms with E-state index in [9.17, 15) is 4.79 Å². The first-order chi connectivity index (χ1) is 6.92. The van der Waals surface area contributed by atoms with Crippen molar-refractivity contribution in [1.82, 2.24) is 20.2 Å². The van der Waals surface area contributed by atoms with Crippen LogP contribution in [-0.2, 0) is 4.79 Å². The lowest BCUT2D eigenvalue weighted by atomic mass is 10.3. The van der Waals surface area contributed by atoms with E-state index in [1.807, 2.05) is 0 Å². The minimum atomic E-state index is 0.481. The molecule has 0 atom stereocenters. The average Bonchev–Trinajstić information content (AvgIpc) is 2.72. The molecule has 0 radical (unpaired) electrons. The fourth-order valence-corrected chi connectivity index (χ4v) is 1.07. The standard InChI is InChI=1S/C8H5N5O/c14-6-9-7-3-1-2-4-8(7)13-5-10-11-12-13/h1-5H. The van der Waals surface area contributed by atoms with Crippen molar-refractivity contribution in [2.75, 3.05) is 0 Å². The van der Waals surface area contributed by atoms with Gasteiger partial charge in [-0.05, 0) is 22.6 Å². The monoisotopic (exact) mass is 187 g/mol. The molecular weight excluding hydrogens is 182 g/mol. The van der Waals surface area contributed by atoms with Crippen LogP contribution in [0.15, 0.2) is 35.6 Å². The van der Waals surface area contributed by atoms with E-state index in [2.05, 4.69) is 20.5 Å². The lowest BCUT2D eigenvalue weighted by Gasteiger charge is -2.00. The molecule has 0 saturated heterocycles. The number of hydrogen-bond donors (Lipinski definition) is 0. The third kappa shape index (κ3) is 1.41. The summed E-state index contributed by atoms with van der Waals surface area (Å²) in [4.78, 5) is 13.7. The highest BCUT2D eigenvalue weighted by Gasteiger charge is 2.03. The van der Waals surface area contributed by atoms with Gasteiger partial charge in [-0.15, -0.1) is 5.10 Å². The van der Waals surface area contributed by atoms with Gasteiger partial charge in [0.25, 0.3) is 0 Å². The van der Waals surface area contributed by atoms with Crippen molar-refractivity contribution in [3.8, 4) is 5.69 Å². The van der Waals surface area contributed by atoms with Crippen molar-refractivity contribution in [1.29, 1.82) is 0 Å². The van der Waals surface area contributed by atoms with Gasteiger partial charge in [0.15, 0.2) is 0 Å². The number of rotatable bonds is 2. The molecule has 14 heavy (non-hydrogen) atoms. The summed E-state index contributed by atoms with van der Waals surface area (Å²) in [5.41, 5.74) is 1.12. The Bertz CT molecular complexity index is 472. The van der Waals surface area contributed by atoms with Gasteiger partial charge in [0, 0.05) is 0 Å². The third-order valence-electron chi connectivity index (χ3n) is 1.64. The zero-order valence-corrected chi connectivity index (χ0v) is 7.03. The average molecular weight is 187 g/mol. The second-order valence-electron chi connectivity index (χ2n) is 2.45. The zero-order valence-electron chi connectivity index (χ0n) is 7.03. The van der Waals surface area contributed by atoms with Crippen molar-refractivity contribution in [2.45, 2.75) is 0 Å². The summed E-state index contributed by atoms with van der Waals surface area (Å²) in [6.07, 6.45) is 2.91. The molecule has 1 aromatic carbocycles. The Morgan fingerprint density at radius 3 is 2.93 bits per heavy atom. The zero-order chi connectivity index (χ0) is 9.80. The van der Waals surface area contributed by atoms with Gasteiger partial charge >= 0.3 is 0 Å². The van der Waals surface area contributed by atoms with Gasteiger partial charge in [-0.2, -0.15) is 9.67 Å². The second kappa shape index (κ2) is 3.59. The first-order valence-electron chi connectivity index (χ1n) is 3.82. The van der Waals surface area contributed by atoms with Crippen LogP contribution in [-0.4, -0.2) is 26.3 Å². The van der Waals surface area contributed by atoms with Crippen LogP contribution in [0.3, 0.4) is 0 Å². The molecule has 0 fully saturated rings. The Morgan fingerprint density at radius 2 is 2.21 bits per heavy atom. The fraction of sp³-hybridized carbons (Fsp3) is 0. The topological polar surface area (TPSA) is 73.0 Å². The number of tetrazole rings is 1. The number of hydrogen-bond acceptors (Lipinski definition) is 5. The first-order valence-corrected chi connectivity index (χ1v) is 3.82. The van der Waals surface area contributed by atoms with E-state index in [4.69, 9.17) is 0 Å². The van der Waals surface area contributed by atoms with Gasteiger partial charge in [-0.1, -0.05) is 12.1 Å². The minimum Gasteiger partial charge on any atom is -0.211 e. The van der Waals surface area contributed by atoms with Crippen LogP contribution in [0.4, 0.5) is 5.69 Å². The van der Waals surface area contributed by atoms with Crippen molar-refractivity contribution >= 4 is 11.8 Å². The molecule has 6 nitrogen and oxygen atoms in total. The molecule has 0 unspecified atom stereocenters. The van der Waals surface area contributed by atoms with E-state index in [0.29, 0.717) is 11.4 Å². The normalized spacial score (nSPS) is 9.43. The Labute approximate surface area is 78.9 Å². The third-order valence-corrected chi connectivity index (χ3v) is 1.64. The van der Waals surface area contributed by atoms with E-state index in [1.165, 1.54) is 17.1 Å². The summed E-state index contributed by atoms with van der Waals surface area (Å²) in [6.45, 7) is 0. The lowest BCUT2D eigenvalue weighted by molar-refractivity contribution is 0.565. The molecule has 0 aliphatic rings. The molecule has 0 bridgehead atoms. The highest BCUT2D eigenvalue weighted by molar-refractivity contribution is 5.60. The molecule has 0 aliphatic carbocycles. The van der Waals surface area contributed by atoms with Gasteiger partial charge in [0.2, 0.25) is 6.08 Å². The van der Waals surface area contributed by atoms with E-state index in [1.54, 1.807) is 24.3 Å². The molecule has 6 heteroatoms. The number of aliphatic imine (C=N–C) groups is 1. The van der Waals surface area contributed by atoms with Crippen LogP contribution in [0, 0.1) is 0 Å². The second-order valence-corrected chi connectivity index (χ2v) is 2.45. The highest BCUT2D eigenvalue weighted by atomic mass is 16.1. The molecule has 0 N–H and O–H groups in total. The minimum absolute atomic E-state index is 0.481. The fourth-order valence-electron chi connectivity index (χ4n) is 1.07. The smallest absolute Gasteiger partial charge is 0.211 e. The van der Waals surface area contributed by atoms with Gasteiger partial charge in [0.1, 0.15) is 12.0 Å². The number of para-hydroxylation sites is 2. The van der Waals surface area contributed by atoms with Crippen molar-refractivity contribution in [3.05, 3.63) is 30.6 Å². The molecule has 1 aromatic heterocycles. The summed E-state index contributed by atoms with van der Waals surface area (Å²) >= 11 is 0. The predicted molar refractivity (Wildman–Crippen MR) is 46.9 cm³/mol. The van der Waals surface area contributed by atoms with E-state index in [-0.39, 0.29) is 0 Å². The highest BCUT2D eigenvalue weighted by Crippen LogP contribution is 2.20.